The van der Waals surface area contributed by atoms with Gasteiger partial charge in [0.2, 0.25) is 0 Å². The number of aliphatic imine (C=N–C) groups is 1. The molecular formula is C21H23ClN2O. The summed E-state index contributed by atoms with van der Waals surface area (Å²) >= 11 is 6.38. The molecule has 2 aromatic carbocycles. The first-order valence-electron chi connectivity index (χ1n) is 8.96. The van der Waals surface area contributed by atoms with E-state index in [-0.39, 0.29) is 6.10 Å². The van der Waals surface area contributed by atoms with Crippen LogP contribution in [0.2, 0.25) is 5.02 Å². The van der Waals surface area contributed by atoms with E-state index in [0.29, 0.717) is 11.1 Å². The maximum Gasteiger partial charge on any atom is 0.140 e. The lowest BCUT2D eigenvalue weighted by atomic mass is 10.1. The van der Waals surface area contributed by atoms with Crippen LogP contribution < -0.4 is 4.74 Å². The minimum atomic E-state index is 0.0658. The largest absolute Gasteiger partial charge is 0.484 e. The summed E-state index contributed by atoms with van der Waals surface area (Å²) in [5.41, 5.74) is 3.64. The highest BCUT2D eigenvalue weighted by Crippen LogP contribution is 2.39. The smallest absolute Gasteiger partial charge is 0.140 e. The van der Waals surface area contributed by atoms with Gasteiger partial charge in [-0.05, 0) is 61.7 Å². The van der Waals surface area contributed by atoms with Gasteiger partial charge in [-0.3, -0.25) is 9.89 Å². The summed E-state index contributed by atoms with van der Waals surface area (Å²) in [6.45, 7) is 2.34. The van der Waals surface area contributed by atoms with E-state index >= 15 is 0 Å². The molecule has 130 valence electrons. The Kier molecular flexibility index (Phi) is 4.78. The van der Waals surface area contributed by atoms with Gasteiger partial charge in [0.15, 0.2) is 0 Å². The Morgan fingerprint density at radius 1 is 1.16 bits per heavy atom. The van der Waals surface area contributed by atoms with Crippen molar-refractivity contribution in [3.63, 3.8) is 0 Å². The second-order valence-electron chi connectivity index (χ2n) is 6.82. The van der Waals surface area contributed by atoms with Gasteiger partial charge in [0.25, 0.3) is 0 Å². The van der Waals surface area contributed by atoms with Gasteiger partial charge in [0, 0.05) is 18.8 Å². The number of likely N-dealkylation sites (tertiary alicyclic amines) is 1. The Balaban J connectivity index is 1.62. The van der Waals surface area contributed by atoms with Crippen LogP contribution in [0, 0.1) is 0 Å². The van der Waals surface area contributed by atoms with Crippen LogP contribution >= 0.6 is 11.6 Å². The van der Waals surface area contributed by atoms with Crippen LogP contribution in [-0.4, -0.2) is 37.3 Å². The topological polar surface area (TPSA) is 24.8 Å². The Labute approximate surface area is 154 Å². The SMILES string of the molecule is CN=Cc1ccc(O[C@H]2c3ccccc3C[C@@H]2N2CCCC2)cc1Cl. The summed E-state index contributed by atoms with van der Waals surface area (Å²) < 4.78 is 6.47. The number of benzene rings is 2. The normalized spacial score (nSPS) is 23.3. The van der Waals surface area contributed by atoms with Crippen molar-refractivity contribution in [1.29, 1.82) is 0 Å². The van der Waals surface area contributed by atoms with Gasteiger partial charge in [0.1, 0.15) is 11.9 Å². The summed E-state index contributed by atoms with van der Waals surface area (Å²) in [7, 11) is 1.75. The van der Waals surface area contributed by atoms with Crippen molar-refractivity contribution in [1.82, 2.24) is 4.90 Å². The number of ether oxygens (including phenoxy) is 1. The maximum absolute atomic E-state index is 6.47. The Morgan fingerprint density at radius 2 is 1.96 bits per heavy atom. The molecule has 0 bridgehead atoms. The fraction of sp³-hybridized carbons (Fsp3) is 0.381. The molecule has 2 aromatic rings. The average molecular weight is 355 g/mol. The van der Waals surface area contributed by atoms with E-state index in [1.165, 1.54) is 37.1 Å². The molecule has 1 aliphatic carbocycles. The highest BCUT2D eigenvalue weighted by atomic mass is 35.5. The zero-order valence-corrected chi connectivity index (χ0v) is 15.2. The molecular weight excluding hydrogens is 332 g/mol. The van der Waals surface area contributed by atoms with E-state index in [1.807, 2.05) is 18.2 Å². The van der Waals surface area contributed by atoms with Crippen molar-refractivity contribution in [3.05, 3.63) is 64.2 Å². The van der Waals surface area contributed by atoms with Gasteiger partial charge < -0.3 is 4.74 Å². The lowest BCUT2D eigenvalue weighted by Crippen LogP contribution is -2.38. The van der Waals surface area contributed by atoms with Gasteiger partial charge in [-0.2, -0.15) is 0 Å². The van der Waals surface area contributed by atoms with E-state index in [1.54, 1.807) is 13.3 Å². The van der Waals surface area contributed by atoms with E-state index in [9.17, 15) is 0 Å². The first-order chi connectivity index (χ1) is 12.3. The number of hydrogen-bond donors (Lipinski definition) is 0. The third-order valence-corrected chi connectivity index (χ3v) is 5.58. The number of rotatable bonds is 4. The van der Waals surface area contributed by atoms with Crippen LogP contribution in [0.3, 0.4) is 0 Å². The lowest BCUT2D eigenvalue weighted by molar-refractivity contribution is 0.0941. The van der Waals surface area contributed by atoms with Gasteiger partial charge in [0.05, 0.1) is 11.1 Å². The van der Waals surface area contributed by atoms with Gasteiger partial charge in [-0.1, -0.05) is 35.9 Å². The van der Waals surface area contributed by atoms with Crippen LogP contribution in [0.1, 0.15) is 35.6 Å². The van der Waals surface area contributed by atoms with Crippen LogP contribution in [0.4, 0.5) is 0 Å². The van der Waals surface area contributed by atoms with Gasteiger partial charge in [-0.15, -0.1) is 0 Å². The summed E-state index contributed by atoms with van der Waals surface area (Å²) in [5.74, 6) is 0.823. The summed E-state index contributed by atoms with van der Waals surface area (Å²) in [4.78, 5) is 6.62. The maximum atomic E-state index is 6.47. The number of hydrogen-bond acceptors (Lipinski definition) is 3. The molecule has 1 fully saturated rings. The standard InChI is InChI=1S/C21H23ClN2O/c1-23-14-16-8-9-17(13-19(16)22)25-21-18-7-3-2-6-15(18)12-20(21)24-10-4-5-11-24/h2-3,6-9,13-14,20-21H,4-5,10-12H2,1H3/t20-,21-/m0/s1. The van der Waals surface area contributed by atoms with E-state index in [2.05, 4.69) is 34.2 Å². The van der Waals surface area contributed by atoms with Crippen LogP contribution in [-0.2, 0) is 6.42 Å². The van der Waals surface area contributed by atoms with Crippen molar-refractivity contribution in [2.45, 2.75) is 31.4 Å². The molecule has 1 aliphatic heterocycles. The van der Waals surface area contributed by atoms with Gasteiger partial charge >= 0.3 is 0 Å². The van der Waals surface area contributed by atoms with Crippen LogP contribution in [0.5, 0.6) is 5.75 Å². The third kappa shape index (κ3) is 3.31. The fourth-order valence-corrected chi connectivity index (χ4v) is 4.26. The highest BCUT2D eigenvalue weighted by molar-refractivity contribution is 6.33. The molecule has 1 saturated heterocycles. The minimum absolute atomic E-state index is 0.0658. The second kappa shape index (κ2) is 7.19. The molecule has 0 saturated carbocycles. The molecule has 0 radical (unpaired) electrons. The van der Waals surface area contributed by atoms with Crippen LogP contribution in [0.15, 0.2) is 47.5 Å². The summed E-state index contributed by atoms with van der Waals surface area (Å²) in [6.07, 6.45) is 5.47. The molecule has 3 nitrogen and oxygen atoms in total. The molecule has 0 aromatic heterocycles. The molecule has 0 spiro atoms. The van der Waals surface area contributed by atoms with Crippen molar-refractivity contribution >= 4 is 17.8 Å². The highest BCUT2D eigenvalue weighted by Gasteiger charge is 2.38. The fourth-order valence-electron chi connectivity index (χ4n) is 4.04. The van der Waals surface area contributed by atoms with E-state index in [0.717, 1.165) is 17.7 Å². The molecule has 2 atom stereocenters. The molecule has 4 heteroatoms. The lowest BCUT2D eigenvalue weighted by Gasteiger charge is -2.30. The van der Waals surface area contributed by atoms with E-state index < -0.39 is 0 Å². The van der Waals surface area contributed by atoms with Gasteiger partial charge in [-0.25, -0.2) is 0 Å². The second-order valence-corrected chi connectivity index (χ2v) is 7.23. The van der Waals surface area contributed by atoms with E-state index in [4.69, 9.17) is 16.3 Å². The monoisotopic (exact) mass is 354 g/mol. The van der Waals surface area contributed by atoms with Crippen molar-refractivity contribution in [3.8, 4) is 5.75 Å². The summed E-state index contributed by atoms with van der Waals surface area (Å²) in [6, 6.07) is 14.9. The zero-order valence-electron chi connectivity index (χ0n) is 14.5. The third-order valence-electron chi connectivity index (χ3n) is 5.25. The van der Waals surface area contributed by atoms with Crippen molar-refractivity contribution < 1.29 is 4.74 Å². The zero-order chi connectivity index (χ0) is 17.2. The average Bonchev–Trinajstić information content (AvgIpc) is 3.26. The van der Waals surface area contributed by atoms with Crippen molar-refractivity contribution in [2.75, 3.05) is 20.1 Å². The number of fused-ring (bicyclic) bond motifs is 1. The predicted octanol–water partition coefficient (Wildman–Crippen LogP) is 4.53. The molecule has 0 unspecified atom stereocenters. The number of nitrogens with zero attached hydrogens (tertiary/aromatic N) is 2. The Hall–Kier alpha value is -1.84. The van der Waals surface area contributed by atoms with Crippen LogP contribution in [0.25, 0.3) is 0 Å². The molecule has 0 N–H and O–H groups in total. The molecule has 0 amide bonds. The molecule has 2 aliphatic rings. The molecule has 1 heterocycles. The Bertz CT molecular complexity index is 783. The summed E-state index contributed by atoms with van der Waals surface area (Å²) in [5, 5.41) is 0.673. The Morgan fingerprint density at radius 3 is 2.72 bits per heavy atom. The predicted molar refractivity (Wildman–Crippen MR) is 103 cm³/mol. The first-order valence-corrected chi connectivity index (χ1v) is 9.34. The minimum Gasteiger partial charge on any atom is -0.484 e. The molecule has 4 rings (SSSR count). The first kappa shape index (κ1) is 16.6. The number of halogens is 1. The van der Waals surface area contributed by atoms with Crippen molar-refractivity contribution in [2.24, 2.45) is 4.99 Å². The quantitative estimate of drug-likeness (QED) is 0.753. The molecule has 25 heavy (non-hydrogen) atoms.